The highest BCUT2D eigenvalue weighted by Gasteiger charge is 2.01. The minimum atomic E-state index is -0.345. The molecule has 0 unspecified atom stereocenters. The Morgan fingerprint density at radius 3 is 2.72 bits per heavy atom. The van der Waals surface area contributed by atoms with Crippen LogP contribution in [0.15, 0.2) is 24.3 Å². The van der Waals surface area contributed by atoms with E-state index in [0.29, 0.717) is 17.9 Å². The van der Waals surface area contributed by atoms with Crippen molar-refractivity contribution in [3.63, 3.8) is 0 Å². The van der Waals surface area contributed by atoms with Crippen molar-refractivity contribution >= 4 is 17.6 Å². The number of para-hydroxylation sites is 1. The smallest absolute Gasteiger partial charge is 0.317 e. The van der Waals surface area contributed by atoms with Crippen LogP contribution in [0.4, 0.5) is 5.69 Å². The maximum atomic E-state index is 11.1. The molecular formula is C14H15NO3. The second kappa shape index (κ2) is 7.13. The minimum absolute atomic E-state index is 0.0439. The third kappa shape index (κ3) is 4.71. The maximum Gasteiger partial charge on any atom is 0.317 e. The normalized spacial score (nSPS) is 9.00. The monoisotopic (exact) mass is 245 g/mol. The van der Waals surface area contributed by atoms with Gasteiger partial charge in [-0.15, -0.1) is 0 Å². The molecule has 0 saturated heterocycles. The van der Waals surface area contributed by atoms with Gasteiger partial charge >= 0.3 is 5.97 Å². The molecule has 0 aromatic heterocycles. The summed E-state index contributed by atoms with van der Waals surface area (Å²) in [6.45, 7) is 3.53. The molecule has 1 rings (SSSR count). The van der Waals surface area contributed by atoms with Crippen molar-refractivity contribution in [2.45, 2.75) is 20.3 Å². The van der Waals surface area contributed by atoms with Crippen LogP contribution in [-0.2, 0) is 14.3 Å². The summed E-state index contributed by atoms with van der Waals surface area (Å²) in [5.74, 6) is 5.06. The van der Waals surface area contributed by atoms with Crippen molar-refractivity contribution in [2.75, 3.05) is 11.9 Å². The molecule has 0 aliphatic carbocycles. The molecule has 18 heavy (non-hydrogen) atoms. The average molecular weight is 245 g/mol. The molecule has 0 aliphatic rings. The highest BCUT2D eigenvalue weighted by Crippen LogP contribution is 2.13. The summed E-state index contributed by atoms with van der Waals surface area (Å²) >= 11 is 0. The molecule has 0 atom stereocenters. The fourth-order valence-corrected chi connectivity index (χ4v) is 1.31. The van der Waals surface area contributed by atoms with Crippen molar-refractivity contribution in [3.05, 3.63) is 29.8 Å². The summed E-state index contributed by atoms with van der Waals surface area (Å²) in [4.78, 5) is 22.1. The Bertz CT molecular complexity index is 497. The number of esters is 1. The zero-order chi connectivity index (χ0) is 13.4. The van der Waals surface area contributed by atoms with Crippen LogP contribution in [0.2, 0.25) is 0 Å². The Morgan fingerprint density at radius 2 is 2.06 bits per heavy atom. The molecular weight excluding hydrogens is 230 g/mol. The van der Waals surface area contributed by atoms with Gasteiger partial charge in [-0.25, -0.2) is 0 Å². The van der Waals surface area contributed by atoms with Gasteiger partial charge in [-0.3, -0.25) is 9.59 Å². The van der Waals surface area contributed by atoms with Gasteiger partial charge in [0.05, 0.1) is 12.3 Å². The van der Waals surface area contributed by atoms with Crippen molar-refractivity contribution in [3.8, 4) is 11.8 Å². The quantitative estimate of drug-likeness (QED) is 0.654. The summed E-state index contributed by atoms with van der Waals surface area (Å²) in [6.07, 6.45) is 0.0439. The number of carbonyl (C=O) groups is 2. The fraction of sp³-hybridized carbons (Fsp3) is 0.286. The number of hydrogen-bond acceptors (Lipinski definition) is 3. The van der Waals surface area contributed by atoms with Gasteiger partial charge < -0.3 is 10.1 Å². The SMILES string of the molecule is CCOC(=O)CC#Cc1ccccc1NC(C)=O. The van der Waals surface area contributed by atoms with Gasteiger partial charge in [0.15, 0.2) is 0 Å². The first-order chi connectivity index (χ1) is 8.63. The van der Waals surface area contributed by atoms with Crippen LogP contribution in [0.3, 0.4) is 0 Å². The van der Waals surface area contributed by atoms with E-state index in [1.165, 1.54) is 6.92 Å². The Hall–Kier alpha value is -2.28. The first kappa shape index (κ1) is 13.8. The predicted octanol–water partition coefficient (Wildman–Crippen LogP) is 1.95. The van der Waals surface area contributed by atoms with Gasteiger partial charge in [-0.2, -0.15) is 0 Å². The minimum Gasteiger partial charge on any atom is -0.465 e. The number of carbonyl (C=O) groups excluding carboxylic acids is 2. The fourth-order valence-electron chi connectivity index (χ4n) is 1.31. The van der Waals surface area contributed by atoms with Crippen LogP contribution in [0.1, 0.15) is 25.8 Å². The maximum absolute atomic E-state index is 11.1. The lowest BCUT2D eigenvalue weighted by atomic mass is 10.1. The van der Waals surface area contributed by atoms with Crippen LogP contribution < -0.4 is 5.32 Å². The average Bonchev–Trinajstić information content (AvgIpc) is 2.31. The Balaban J connectivity index is 2.75. The second-order valence-electron chi connectivity index (χ2n) is 3.51. The molecule has 1 amide bonds. The first-order valence-corrected chi connectivity index (χ1v) is 5.64. The number of anilines is 1. The number of nitrogens with one attached hydrogen (secondary N) is 1. The molecule has 1 aromatic carbocycles. The lowest BCUT2D eigenvalue weighted by molar-refractivity contribution is -0.141. The van der Waals surface area contributed by atoms with E-state index in [2.05, 4.69) is 17.2 Å². The summed E-state index contributed by atoms with van der Waals surface area (Å²) in [5, 5.41) is 2.68. The summed E-state index contributed by atoms with van der Waals surface area (Å²) in [5.41, 5.74) is 1.32. The molecule has 0 spiro atoms. The van der Waals surface area contributed by atoms with Crippen LogP contribution in [-0.4, -0.2) is 18.5 Å². The standard InChI is InChI=1S/C14H15NO3/c1-3-18-14(17)10-6-8-12-7-4-5-9-13(12)15-11(2)16/h4-5,7,9H,3,10H2,1-2H3,(H,15,16). The molecule has 94 valence electrons. The molecule has 0 radical (unpaired) electrons. The van der Waals surface area contributed by atoms with Crippen LogP contribution >= 0.6 is 0 Å². The van der Waals surface area contributed by atoms with Gasteiger partial charge in [0.1, 0.15) is 6.42 Å². The van der Waals surface area contributed by atoms with E-state index in [-0.39, 0.29) is 18.3 Å². The summed E-state index contributed by atoms with van der Waals surface area (Å²) < 4.78 is 4.76. The van der Waals surface area contributed by atoms with E-state index >= 15 is 0 Å². The highest BCUT2D eigenvalue weighted by atomic mass is 16.5. The number of amides is 1. The Labute approximate surface area is 106 Å². The molecule has 0 saturated carbocycles. The highest BCUT2D eigenvalue weighted by molar-refractivity contribution is 5.90. The van der Waals surface area contributed by atoms with Crippen molar-refractivity contribution in [1.29, 1.82) is 0 Å². The largest absolute Gasteiger partial charge is 0.465 e. The number of rotatable bonds is 3. The summed E-state index contributed by atoms with van der Waals surface area (Å²) in [6, 6.07) is 7.17. The van der Waals surface area contributed by atoms with Crippen LogP contribution in [0.25, 0.3) is 0 Å². The van der Waals surface area contributed by atoms with E-state index in [1.807, 2.05) is 12.1 Å². The Morgan fingerprint density at radius 1 is 1.33 bits per heavy atom. The van der Waals surface area contributed by atoms with E-state index in [1.54, 1.807) is 19.1 Å². The van der Waals surface area contributed by atoms with Gasteiger partial charge in [-0.05, 0) is 19.1 Å². The van der Waals surface area contributed by atoms with Crippen molar-refractivity contribution < 1.29 is 14.3 Å². The van der Waals surface area contributed by atoms with Gasteiger partial charge in [-0.1, -0.05) is 24.0 Å². The lowest BCUT2D eigenvalue weighted by Gasteiger charge is -2.03. The molecule has 4 nitrogen and oxygen atoms in total. The molecule has 4 heteroatoms. The number of ether oxygens (including phenoxy) is 1. The second-order valence-corrected chi connectivity index (χ2v) is 3.51. The van der Waals surface area contributed by atoms with Gasteiger partial charge in [0.25, 0.3) is 0 Å². The van der Waals surface area contributed by atoms with E-state index in [4.69, 9.17) is 4.74 Å². The van der Waals surface area contributed by atoms with E-state index in [9.17, 15) is 9.59 Å². The lowest BCUT2D eigenvalue weighted by Crippen LogP contribution is -2.07. The predicted molar refractivity (Wildman–Crippen MR) is 68.9 cm³/mol. The van der Waals surface area contributed by atoms with E-state index < -0.39 is 0 Å². The molecule has 0 bridgehead atoms. The zero-order valence-corrected chi connectivity index (χ0v) is 10.4. The van der Waals surface area contributed by atoms with E-state index in [0.717, 1.165) is 0 Å². The van der Waals surface area contributed by atoms with Crippen LogP contribution in [0, 0.1) is 11.8 Å². The molecule has 1 N–H and O–H groups in total. The molecule has 0 aliphatic heterocycles. The van der Waals surface area contributed by atoms with Crippen molar-refractivity contribution in [2.24, 2.45) is 0 Å². The molecule has 0 heterocycles. The third-order valence-corrected chi connectivity index (χ3v) is 2.00. The molecule has 1 aromatic rings. The first-order valence-electron chi connectivity index (χ1n) is 5.64. The Kier molecular flexibility index (Phi) is 5.46. The third-order valence-electron chi connectivity index (χ3n) is 2.00. The number of hydrogen-bond donors (Lipinski definition) is 1. The zero-order valence-electron chi connectivity index (χ0n) is 10.4. The topological polar surface area (TPSA) is 55.4 Å². The molecule has 0 fully saturated rings. The van der Waals surface area contributed by atoms with Gasteiger partial charge in [0.2, 0.25) is 5.91 Å². The van der Waals surface area contributed by atoms with Gasteiger partial charge in [0, 0.05) is 12.5 Å². The van der Waals surface area contributed by atoms with Crippen LogP contribution in [0.5, 0.6) is 0 Å². The summed E-state index contributed by atoms with van der Waals surface area (Å²) in [7, 11) is 0. The number of benzene rings is 1. The van der Waals surface area contributed by atoms with Crippen molar-refractivity contribution in [1.82, 2.24) is 0 Å².